The Morgan fingerprint density at radius 3 is 2.61 bits per heavy atom. The molecule has 11 heteroatoms. The van der Waals surface area contributed by atoms with Crippen molar-refractivity contribution >= 4 is 23.4 Å². The number of oxazole rings is 1. The van der Waals surface area contributed by atoms with E-state index in [9.17, 15) is 14.4 Å². The van der Waals surface area contributed by atoms with E-state index in [1.807, 2.05) is 0 Å². The number of hydrogen-bond acceptors (Lipinski definition) is 8. The Balaban J connectivity index is 1.58. The van der Waals surface area contributed by atoms with E-state index in [2.05, 4.69) is 26.1 Å². The van der Waals surface area contributed by atoms with Crippen LogP contribution in [0.1, 0.15) is 24.4 Å². The van der Waals surface area contributed by atoms with Gasteiger partial charge < -0.3 is 29.6 Å². The fourth-order valence-electron chi connectivity index (χ4n) is 2.64. The van der Waals surface area contributed by atoms with Crippen molar-refractivity contribution in [2.75, 3.05) is 19.0 Å². The van der Waals surface area contributed by atoms with Crippen molar-refractivity contribution in [3.63, 3.8) is 0 Å². The van der Waals surface area contributed by atoms with Gasteiger partial charge in [0.15, 0.2) is 12.2 Å². The zero-order valence-electron chi connectivity index (χ0n) is 17.1. The highest BCUT2D eigenvalue weighted by Crippen LogP contribution is 2.32. The van der Waals surface area contributed by atoms with Crippen molar-refractivity contribution in [2.45, 2.75) is 19.4 Å². The second-order valence-corrected chi connectivity index (χ2v) is 7.13. The third-order valence-corrected chi connectivity index (χ3v) is 4.17. The van der Waals surface area contributed by atoms with Crippen molar-refractivity contribution in [1.29, 1.82) is 0 Å². The molecule has 0 spiro atoms. The molecule has 2 aromatic heterocycles. The van der Waals surface area contributed by atoms with Gasteiger partial charge in [-0.05, 0) is 26.0 Å². The number of carbonyl (C=O) groups excluding carboxylic acids is 3. The van der Waals surface area contributed by atoms with Crippen LogP contribution in [-0.4, -0.2) is 47.1 Å². The predicted molar refractivity (Wildman–Crippen MR) is 108 cm³/mol. The van der Waals surface area contributed by atoms with Crippen LogP contribution < -0.4 is 20.7 Å². The summed E-state index contributed by atoms with van der Waals surface area (Å²) >= 11 is 0. The van der Waals surface area contributed by atoms with E-state index in [1.165, 1.54) is 32.0 Å². The fraction of sp³-hybridized carbons (Fsp3) is 0.250. The molecule has 0 aliphatic heterocycles. The summed E-state index contributed by atoms with van der Waals surface area (Å²) in [6.07, 6.45) is 4.18. The summed E-state index contributed by atoms with van der Waals surface area (Å²) in [6, 6.07) is 6.26. The van der Waals surface area contributed by atoms with Gasteiger partial charge in [0.25, 0.3) is 5.91 Å². The highest BCUT2D eigenvalue weighted by atomic mass is 16.5. The van der Waals surface area contributed by atoms with Crippen LogP contribution in [0.3, 0.4) is 0 Å². The van der Waals surface area contributed by atoms with Crippen LogP contribution in [-0.2, 0) is 9.59 Å². The number of benzene rings is 1. The second-order valence-electron chi connectivity index (χ2n) is 7.13. The number of hydrogen-bond donors (Lipinski definition) is 3. The monoisotopic (exact) mass is 427 g/mol. The second kappa shape index (κ2) is 9.11. The van der Waals surface area contributed by atoms with Crippen LogP contribution in [0, 0.1) is 0 Å². The lowest BCUT2D eigenvalue weighted by atomic mass is 10.1. The van der Waals surface area contributed by atoms with Crippen LogP contribution in [0.5, 0.6) is 5.75 Å². The number of ether oxygens (including phenoxy) is 1. The van der Waals surface area contributed by atoms with E-state index in [0.29, 0.717) is 22.8 Å². The predicted octanol–water partition coefficient (Wildman–Crippen LogP) is 1.60. The van der Waals surface area contributed by atoms with Gasteiger partial charge in [0.05, 0.1) is 30.6 Å². The van der Waals surface area contributed by atoms with Crippen molar-refractivity contribution < 1.29 is 28.1 Å². The zero-order valence-corrected chi connectivity index (χ0v) is 17.1. The molecule has 0 unspecified atom stereocenters. The first-order chi connectivity index (χ1) is 14.8. The van der Waals surface area contributed by atoms with E-state index in [1.54, 1.807) is 32.0 Å². The lowest BCUT2D eigenvalue weighted by molar-refractivity contribution is -0.137. The quantitative estimate of drug-likeness (QED) is 0.482. The normalized spacial score (nSPS) is 10.9. The molecule has 0 atom stereocenters. The first-order valence-corrected chi connectivity index (χ1v) is 9.18. The third kappa shape index (κ3) is 5.47. The molecule has 0 bridgehead atoms. The van der Waals surface area contributed by atoms with E-state index in [4.69, 9.17) is 13.7 Å². The van der Waals surface area contributed by atoms with Gasteiger partial charge in [-0.15, -0.1) is 0 Å². The number of amides is 3. The standard InChI is InChI=1S/C20H21N5O6/c1-20(2,10-22-17(26)14-6-7-23-31-14)25-19(28)18(27)24-12-4-5-13(15(8-12)29-3)16-9-21-11-30-16/h4-9,11H,10H2,1-3H3,(H,22,26)(H,24,27)(H,25,28). The van der Waals surface area contributed by atoms with Crippen molar-refractivity contribution in [3.8, 4) is 17.1 Å². The summed E-state index contributed by atoms with van der Waals surface area (Å²) in [5.41, 5.74) is 0.0977. The SMILES string of the molecule is COc1cc(NC(=O)C(=O)NC(C)(C)CNC(=O)c2ccno2)ccc1-c1cnco1. The number of rotatable bonds is 7. The van der Waals surface area contributed by atoms with Crippen LogP contribution in [0.2, 0.25) is 0 Å². The minimum atomic E-state index is -0.905. The number of anilines is 1. The molecular weight excluding hydrogens is 406 g/mol. The summed E-state index contributed by atoms with van der Waals surface area (Å²) < 4.78 is 15.3. The van der Waals surface area contributed by atoms with E-state index >= 15 is 0 Å². The van der Waals surface area contributed by atoms with E-state index in [0.717, 1.165) is 0 Å². The fourth-order valence-corrected chi connectivity index (χ4v) is 2.64. The molecule has 0 radical (unpaired) electrons. The number of nitrogens with zero attached hydrogens (tertiary/aromatic N) is 2. The minimum absolute atomic E-state index is 0.0441. The summed E-state index contributed by atoms with van der Waals surface area (Å²) in [7, 11) is 1.48. The maximum absolute atomic E-state index is 12.3. The zero-order chi connectivity index (χ0) is 22.4. The van der Waals surface area contributed by atoms with Gasteiger partial charge in [0.1, 0.15) is 5.75 Å². The lowest BCUT2D eigenvalue weighted by Crippen LogP contribution is -2.54. The Morgan fingerprint density at radius 1 is 1.16 bits per heavy atom. The van der Waals surface area contributed by atoms with Crippen molar-refractivity contribution in [3.05, 3.63) is 48.8 Å². The summed E-state index contributed by atoms with van der Waals surface area (Å²) in [5, 5.41) is 11.1. The molecule has 3 amide bonds. The number of carbonyl (C=O) groups is 3. The van der Waals surface area contributed by atoms with Gasteiger partial charge in [-0.1, -0.05) is 5.16 Å². The smallest absolute Gasteiger partial charge is 0.313 e. The van der Waals surface area contributed by atoms with Gasteiger partial charge in [0, 0.05) is 24.4 Å². The molecular formula is C20H21N5O6. The van der Waals surface area contributed by atoms with Crippen LogP contribution in [0.25, 0.3) is 11.3 Å². The average molecular weight is 427 g/mol. The molecule has 0 fully saturated rings. The molecule has 1 aromatic carbocycles. The van der Waals surface area contributed by atoms with Crippen molar-refractivity contribution in [1.82, 2.24) is 20.8 Å². The molecule has 0 aliphatic rings. The molecule has 162 valence electrons. The highest BCUT2D eigenvalue weighted by molar-refractivity contribution is 6.39. The molecule has 0 aliphatic carbocycles. The average Bonchev–Trinajstić information content (AvgIpc) is 3.45. The maximum Gasteiger partial charge on any atom is 0.313 e. The Hall–Kier alpha value is -4.15. The molecule has 2 heterocycles. The molecule has 0 saturated heterocycles. The molecule has 31 heavy (non-hydrogen) atoms. The Morgan fingerprint density at radius 2 is 1.97 bits per heavy atom. The van der Waals surface area contributed by atoms with Gasteiger partial charge in [0.2, 0.25) is 5.76 Å². The Labute approximate surface area is 177 Å². The molecule has 3 N–H and O–H groups in total. The van der Waals surface area contributed by atoms with E-state index in [-0.39, 0.29) is 12.3 Å². The van der Waals surface area contributed by atoms with E-state index < -0.39 is 23.3 Å². The number of nitrogens with one attached hydrogen (secondary N) is 3. The van der Waals surface area contributed by atoms with Gasteiger partial charge in [-0.2, -0.15) is 0 Å². The van der Waals surface area contributed by atoms with Crippen LogP contribution in [0.15, 0.2) is 52.0 Å². The molecule has 11 nitrogen and oxygen atoms in total. The summed E-state index contributed by atoms with van der Waals surface area (Å²) in [5.74, 6) is -1.24. The first kappa shape index (κ1) is 21.6. The van der Waals surface area contributed by atoms with Gasteiger partial charge >= 0.3 is 11.8 Å². The Bertz CT molecular complexity index is 1060. The van der Waals surface area contributed by atoms with Gasteiger partial charge in [-0.25, -0.2) is 4.98 Å². The van der Waals surface area contributed by atoms with Gasteiger partial charge in [-0.3, -0.25) is 14.4 Å². The maximum atomic E-state index is 12.3. The Kier molecular flexibility index (Phi) is 6.34. The van der Waals surface area contributed by atoms with Crippen molar-refractivity contribution in [2.24, 2.45) is 0 Å². The molecule has 3 rings (SSSR count). The van der Waals surface area contributed by atoms with Crippen LogP contribution in [0.4, 0.5) is 5.69 Å². The molecule has 0 saturated carbocycles. The summed E-state index contributed by atoms with van der Waals surface area (Å²) in [6.45, 7) is 3.38. The lowest BCUT2D eigenvalue weighted by Gasteiger charge is -2.26. The summed E-state index contributed by atoms with van der Waals surface area (Å²) in [4.78, 5) is 40.4. The minimum Gasteiger partial charge on any atom is -0.496 e. The first-order valence-electron chi connectivity index (χ1n) is 9.18. The molecule has 3 aromatic rings. The topological polar surface area (TPSA) is 149 Å². The number of aromatic nitrogens is 2. The largest absolute Gasteiger partial charge is 0.496 e. The number of methoxy groups -OCH3 is 1. The highest BCUT2D eigenvalue weighted by Gasteiger charge is 2.26. The third-order valence-electron chi connectivity index (χ3n) is 4.17. The van der Waals surface area contributed by atoms with Crippen LogP contribution >= 0.6 is 0 Å².